The highest BCUT2D eigenvalue weighted by Crippen LogP contribution is 2.27. The fourth-order valence-corrected chi connectivity index (χ4v) is 4.28. The largest absolute Gasteiger partial charge is 0.129 e. The first-order valence-electron chi connectivity index (χ1n) is 10.8. The molecular formula is C28H34Si3. The molecule has 0 aliphatic rings. The molecule has 0 heterocycles. The Morgan fingerprint density at radius 3 is 1.19 bits per heavy atom. The van der Waals surface area contributed by atoms with Crippen LogP contribution >= 0.6 is 0 Å². The lowest BCUT2D eigenvalue weighted by molar-refractivity contribution is 1.59. The summed E-state index contributed by atoms with van der Waals surface area (Å²) in [7, 11) is -4.54. The second kappa shape index (κ2) is 9.39. The third-order valence-electron chi connectivity index (χ3n) is 4.16. The van der Waals surface area contributed by atoms with Crippen molar-refractivity contribution < 1.29 is 0 Å². The van der Waals surface area contributed by atoms with Crippen molar-refractivity contribution in [1.82, 2.24) is 0 Å². The Bertz CT molecular complexity index is 1250. The SMILES string of the molecule is CC#Cc1ccc2c(C#C[Si](C)(C)C)c(C#C[Si](C)(C)C)ccc2c1C#C[Si](C)(C)C. The first kappa shape index (κ1) is 24.9. The average Bonchev–Trinajstić information content (AvgIpc) is 2.61. The summed E-state index contributed by atoms with van der Waals surface area (Å²) in [6, 6.07) is 8.55. The number of benzene rings is 2. The molecular weight excluding hydrogens is 421 g/mol. The van der Waals surface area contributed by atoms with Crippen molar-refractivity contribution in [2.45, 2.75) is 65.8 Å². The molecule has 0 nitrogen and oxygen atoms in total. The summed E-state index contributed by atoms with van der Waals surface area (Å²) in [4.78, 5) is 0. The van der Waals surface area contributed by atoms with Crippen LogP contribution in [0.1, 0.15) is 29.2 Å². The minimum atomic E-state index is -1.53. The Morgan fingerprint density at radius 2 is 0.839 bits per heavy atom. The zero-order chi connectivity index (χ0) is 23.4. The molecule has 0 saturated carbocycles. The molecule has 0 amide bonds. The number of rotatable bonds is 0. The van der Waals surface area contributed by atoms with Gasteiger partial charge in [-0.05, 0) is 29.8 Å². The molecule has 0 aliphatic heterocycles. The second-order valence-electron chi connectivity index (χ2n) is 10.9. The summed E-state index contributed by atoms with van der Waals surface area (Å²) in [5.74, 6) is 16.8. The molecule has 0 N–H and O–H groups in total. The van der Waals surface area contributed by atoms with Crippen molar-refractivity contribution >= 4 is 35.0 Å². The van der Waals surface area contributed by atoms with Crippen LogP contribution in [0.2, 0.25) is 58.9 Å². The molecule has 0 atom stereocenters. The van der Waals surface area contributed by atoms with Crippen LogP contribution in [0, 0.1) is 46.2 Å². The predicted molar refractivity (Wildman–Crippen MR) is 147 cm³/mol. The first-order valence-corrected chi connectivity index (χ1v) is 21.3. The van der Waals surface area contributed by atoms with E-state index in [1.807, 2.05) is 6.92 Å². The lowest BCUT2D eigenvalue weighted by Gasteiger charge is -2.11. The molecule has 0 aromatic heterocycles. The number of fused-ring (bicyclic) bond motifs is 1. The van der Waals surface area contributed by atoms with Crippen molar-refractivity contribution in [3.05, 3.63) is 46.5 Å². The molecule has 0 saturated heterocycles. The fourth-order valence-electron chi connectivity index (χ4n) is 2.77. The summed E-state index contributed by atoms with van der Waals surface area (Å²) < 4.78 is 0. The van der Waals surface area contributed by atoms with Gasteiger partial charge in [-0.15, -0.1) is 22.6 Å². The molecule has 2 aromatic rings. The standard InChI is InChI=1S/C28H34Si3/c1-11-12-23-13-15-28-26(19-22-31(8,9)10)24(17-20-29(2,3)4)14-16-27(28)25(23)18-21-30(5,6)7/h13-16H,1-10H3. The highest BCUT2D eigenvalue weighted by atomic mass is 28.3. The highest BCUT2D eigenvalue weighted by Gasteiger charge is 2.14. The molecule has 158 valence electrons. The molecule has 2 aromatic carbocycles. The monoisotopic (exact) mass is 454 g/mol. The topological polar surface area (TPSA) is 0 Å². The maximum atomic E-state index is 3.56. The van der Waals surface area contributed by atoms with E-state index in [0.29, 0.717) is 0 Å². The van der Waals surface area contributed by atoms with Crippen molar-refractivity contribution in [2.24, 2.45) is 0 Å². The van der Waals surface area contributed by atoms with Gasteiger partial charge in [0.1, 0.15) is 24.2 Å². The van der Waals surface area contributed by atoms with Crippen LogP contribution < -0.4 is 0 Å². The van der Waals surface area contributed by atoms with Crippen molar-refractivity contribution in [2.75, 3.05) is 0 Å². The van der Waals surface area contributed by atoms with Crippen LogP contribution in [0.5, 0.6) is 0 Å². The molecule has 0 unspecified atom stereocenters. The fraction of sp³-hybridized carbons (Fsp3) is 0.357. The molecule has 2 rings (SSSR count). The van der Waals surface area contributed by atoms with E-state index in [4.69, 9.17) is 0 Å². The van der Waals surface area contributed by atoms with Gasteiger partial charge in [-0.2, -0.15) is 0 Å². The minimum Gasteiger partial charge on any atom is -0.127 e. The smallest absolute Gasteiger partial charge is 0.127 e. The lowest BCUT2D eigenvalue weighted by Crippen LogP contribution is -2.17. The van der Waals surface area contributed by atoms with E-state index in [-0.39, 0.29) is 0 Å². The summed E-state index contributed by atoms with van der Waals surface area (Å²) in [6.07, 6.45) is 0. The van der Waals surface area contributed by atoms with E-state index < -0.39 is 24.2 Å². The van der Waals surface area contributed by atoms with Crippen LogP contribution in [-0.2, 0) is 0 Å². The van der Waals surface area contributed by atoms with Crippen LogP contribution in [0.3, 0.4) is 0 Å². The Labute approximate surface area is 193 Å². The van der Waals surface area contributed by atoms with Crippen LogP contribution in [-0.4, -0.2) is 24.2 Å². The van der Waals surface area contributed by atoms with Gasteiger partial charge in [0.25, 0.3) is 0 Å². The Hall–Kier alpha value is -2.41. The summed E-state index contributed by atoms with van der Waals surface area (Å²) in [6.45, 7) is 22.3. The quantitative estimate of drug-likeness (QED) is 0.300. The number of hydrogen-bond acceptors (Lipinski definition) is 0. The van der Waals surface area contributed by atoms with E-state index >= 15 is 0 Å². The Kier molecular flexibility index (Phi) is 7.53. The molecule has 31 heavy (non-hydrogen) atoms. The van der Waals surface area contributed by atoms with Crippen LogP contribution in [0.25, 0.3) is 10.8 Å². The summed E-state index contributed by atoms with van der Waals surface area (Å²) >= 11 is 0. The van der Waals surface area contributed by atoms with E-state index in [2.05, 4.69) is 129 Å². The van der Waals surface area contributed by atoms with Gasteiger partial charge in [-0.3, -0.25) is 0 Å². The molecule has 0 bridgehead atoms. The predicted octanol–water partition coefficient (Wildman–Crippen LogP) is 6.90. The maximum Gasteiger partial charge on any atom is 0.129 e. The zero-order valence-corrected chi connectivity index (χ0v) is 23.8. The van der Waals surface area contributed by atoms with E-state index in [9.17, 15) is 0 Å². The van der Waals surface area contributed by atoms with Crippen molar-refractivity contribution in [3.8, 4) is 46.2 Å². The summed E-state index contributed by atoms with van der Waals surface area (Å²) in [5.41, 5.74) is 14.7. The average molecular weight is 455 g/mol. The van der Waals surface area contributed by atoms with Gasteiger partial charge >= 0.3 is 0 Å². The minimum absolute atomic E-state index is 0.991. The lowest BCUT2D eigenvalue weighted by atomic mass is 9.94. The second-order valence-corrected chi connectivity index (χ2v) is 25.2. The first-order chi connectivity index (χ1) is 14.2. The van der Waals surface area contributed by atoms with Crippen LogP contribution in [0.15, 0.2) is 24.3 Å². The van der Waals surface area contributed by atoms with Crippen molar-refractivity contribution in [3.63, 3.8) is 0 Å². The van der Waals surface area contributed by atoms with Gasteiger partial charge in [-0.1, -0.05) is 94.7 Å². The molecule has 0 fully saturated rings. The number of hydrogen-bond donors (Lipinski definition) is 0. The van der Waals surface area contributed by atoms with E-state index in [0.717, 1.165) is 33.0 Å². The maximum absolute atomic E-state index is 3.56. The zero-order valence-electron chi connectivity index (χ0n) is 20.8. The molecule has 3 heteroatoms. The van der Waals surface area contributed by atoms with Crippen molar-refractivity contribution in [1.29, 1.82) is 0 Å². The molecule has 0 radical (unpaired) electrons. The van der Waals surface area contributed by atoms with E-state index in [1.54, 1.807) is 0 Å². The Balaban J connectivity index is 2.96. The van der Waals surface area contributed by atoms with Gasteiger partial charge in [0.05, 0.1) is 0 Å². The third kappa shape index (κ3) is 7.65. The van der Waals surface area contributed by atoms with Gasteiger partial charge in [0.15, 0.2) is 0 Å². The molecule has 0 spiro atoms. The van der Waals surface area contributed by atoms with Gasteiger partial charge in [0, 0.05) is 22.3 Å². The Morgan fingerprint density at radius 1 is 0.484 bits per heavy atom. The summed E-state index contributed by atoms with van der Waals surface area (Å²) in [5, 5.41) is 2.26. The van der Waals surface area contributed by atoms with Crippen LogP contribution in [0.4, 0.5) is 0 Å². The van der Waals surface area contributed by atoms with E-state index in [1.165, 1.54) is 0 Å². The normalized spacial score (nSPS) is 11.2. The third-order valence-corrected chi connectivity index (χ3v) is 6.78. The van der Waals surface area contributed by atoms with Gasteiger partial charge in [-0.25, -0.2) is 0 Å². The van der Waals surface area contributed by atoms with Gasteiger partial charge in [0.2, 0.25) is 0 Å². The van der Waals surface area contributed by atoms with Gasteiger partial charge < -0.3 is 0 Å². The molecule has 0 aliphatic carbocycles. The highest BCUT2D eigenvalue weighted by molar-refractivity contribution is 6.84.